The molecule has 0 bridgehead atoms. The second-order valence-corrected chi connectivity index (χ2v) is 5.13. The van der Waals surface area contributed by atoms with Gasteiger partial charge in [-0.3, -0.25) is 0 Å². The number of nitrogen functional groups attached to an aromatic ring is 2. The molecule has 0 saturated carbocycles. The third kappa shape index (κ3) is 2.70. The lowest BCUT2D eigenvalue weighted by atomic mass is 10.2. The average Bonchev–Trinajstić information content (AvgIpc) is 2.38. The molecule has 0 saturated heterocycles. The molecule has 0 unspecified atom stereocenters. The zero-order valence-electron chi connectivity index (χ0n) is 9.78. The Hall–Kier alpha value is -1.43. The Morgan fingerprint density at radius 2 is 1.40 bits per heavy atom. The van der Waals surface area contributed by atoms with Gasteiger partial charge < -0.3 is 16.8 Å². The minimum Gasteiger partial charge on any atom is -0.397 e. The van der Waals surface area contributed by atoms with Gasteiger partial charge in [0.05, 0.1) is 27.1 Å². The van der Waals surface area contributed by atoms with Crippen LogP contribution < -0.4 is 16.8 Å². The highest BCUT2D eigenvalue weighted by Gasteiger charge is 2.16. The van der Waals surface area contributed by atoms with Crippen molar-refractivity contribution in [3.05, 3.63) is 44.9 Å². The second kappa shape index (κ2) is 5.52. The summed E-state index contributed by atoms with van der Waals surface area (Å²) in [6.07, 6.45) is 0. The van der Waals surface area contributed by atoms with Crippen molar-refractivity contribution in [3.8, 4) is 0 Å². The highest BCUT2D eigenvalue weighted by atomic mass is 35.5. The van der Waals surface area contributed by atoms with Crippen LogP contribution in [0.4, 0.5) is 31.5 Å². The number of halogens is 5. The van der Waals surface area contributed by atoms with Crippen molar-refractivity contribution in [2.45, 2.75) is 0 Å². The lowest BCUT2D eigenvalue weighted by Crippen LogP contribution is -2.03. The lowest BCUT2D eigenvalue weighted by molar-refractivity contribution is 0.628. The van der Waals surface area contributed by atoms with Crippen LogP contribution in [0.1, 0.15) is 0 Å². The van der Waals surface area contributed by atoms with E-state index in [1.807, 2.05) is 0 Å². The van der Waals surface area contributed by atoms with Gasteiger partial charge in [0.2, 0.25) is 0 Å². The molecule has 0 atom stereocenters. The predicted octanol–water partition coefficient (Wildman–Crippen LogP) is 4.83. The number of anilines is 4. The molecule has 0 fully saturated rings. The van der Waals surface area contributed by atoms with E-state index in [4.69, 9.17) is 46.3 Å². The number of rotatable bonds is 2. The fourth-order valence-corrected chi connectivity index (χ4v) is 2.20. The first kappa shape index (κ1) is 15.0. The van der Waals surface area contributed by atoms with E-state index in [1.54, 1.807) is 0 Å². The highest BCUT2D eigenvalue weighted by molar-refractivity contribution is 6.35. The quantitative estimate of drug-likeness (QED) is 0.542. The predicted molar refractivity (Wildman–Crippen MR) is 79.9 cm³/mol. The van der Waals surface area contributed by atoms with Crippen molar-refractivity contribution in [1.29, 1.82) is 0 Å². The van der Waals surface area contributed by atoms with Gasteiger partial charge in [-0.1, -0.05) is 34.8 Å². The van der Waals surface area contributed by atoms with Crippen molar-refractivity contribution in [2.75, 3.05) is 16.8 Å². The van der Waals surface area contributed by atoms with E-state index >= 15 is 0 Å². The van der Waals surface area contributed by atoms with Gasteiger partial charge in [-0.2, -0.15) is 0 Å². The molecule has 0 aliphatic rings. The minimum absolute atomic E-state index is 0.0161. The fourth-order valence-electron chi connectivity index (χ4n) is 1.57. The van der Waals surface area contributed by atoms with Crippen LogP contribution in [0.15, 0.2) is 18.2 Å². The molecule has 0 aromatic heterocycles. The van der Waals surface area contributed by atoms with Gasteiger partial charge >= 0.3 is 0 Å². The van der Waals surface area contributed by atoms with Gasteiger partial charge in [0.25, 0.3) is 0 Å². The molecule has 5 N–H and O–H groups in total. The third-order valence-electron chi connectivity index (χ3n) is 2.52. The summed E-state index contributed by atoms with van der Waals surface area (Å²) in [5.74, 6) is -1.58. The summed E-state index contributed by atoms with van der Waals surface area (Å²) in [7, 11) is 0. The summed E-state index contributed by atoms with van der Waals surface area (Å²) >= 11 is 17.0. The molecule has 2 aromatic carbocycles. The smallest absolute Gasteiger partial charge is 0.169 e. The van der Waals surface area contributed by atoms with Crippen molar-refractivity contribution >= 4 is 57.6 Å². The third-order valence-corrected chi connectivity index (χ3v) is 3.45. The lowest BCUT2D eigenvalue weighted by Gasteiger charge is -2.13. The Morgan fingerprint density at radius 3 is 1.95 bits per heavy atom. The molecular weight excluding hydrogens is 331 g/mol. The zero-order valence-corrected chi connectivity index (χ0v) is 12.0. The van der Waals surface area contributed by atoms with Crippen LogP contribution in [0.2, 0.25) is 15.1 Å². The number of hydrogen-bond acceptors (Lipinski definition) is 3. The van der Waals surface area contributed by atoms with Gasteiger partial charge in [0.1, 0.15) is 5.02 Å². The van der Waals surface area contributed by atoms with Crippen LogP contribution in [0.25, 0.3) is 0 Å². The van der Waals surface area contributed by atoms with Crippen LogP contribution in [0, 0.1) is 11.6 Å². The molecule has 0 spiro atoms. The van der Waals surface area contributed by atoms with E-state index in [1.165, 1.54) is 18.2 Å². The van der Waals surface area contributed by atoms with Crippen molar-refractivity contribution in [1.82, 2.24) is 0 Å². The van der Waals surface area contributed by atoms with Crippen molar-refractivity contribution in [2.24, 2.45) is 0 Å². The van der Waals surface area contributed by atoms with Crippen LogP contribution in [0.3, 0.4) is 0 Å². The Labute approximate surface area is 128 Å². The Kier molecular flexibility index (Phi) is 4.13. The molecule has 106 valence electrons. The molecule has 2 aromatic rings. The summed E-state index contributed by atoms with van der Waals surface area (Å²) < 4.78 is 27.3. The summed E-state index contributed by atoms with van der Waals surface area (Å²) in [6, 6.07) is 3.79. The number of nitrogens with one attached hydrogen (secondary N) is 1. The van der Waals surface area contributed by atoms with Crippen LogP contribution in [0.5, 0.6) is 0 Å². The first-order valence-corrected chi connectivity index (χ1v) is 6.39. The maximum atomic E-state index is 14.0. The maximum absolute atomic E-state index is 14.0. The van der Waals surface area contributed by atoms with Gasteiger partial charge in [-0.15, -0.1) is 0 Å². The SMILES string of the molecule is Nc1cc(N)c(Nc2cc(Cl)c(F)c(Cl)c2)c(F)c1Cl. The average molecular weight is 339 g/mol. The number of benzene rings is 2. The molecule has 3 nitrogen and oxygen atoms in total. The maximum Gasteiger partial charge on any atom is 0.169 e. The number of nitrogens with two attached hydrogens (primary N) is 2. The van der Waals surface area contributed by atoms with Gasteiger partial charge in [-0.05, 0) is 18.2 Å². The Morgan fingerprint density at radius 1 is 0.850 bits per heavy atom. The Balaban J connectivity index is 2.48. The van der Waals surface area contributed by atoms with E-state index in [0.717, 1.165) is 0 Å². The molecule has 0 aliphatic carbocycles. The summed E-state index contributed by atoms with van der Waals surface area (Å²) in [5.41, 5.74) is 11.4. The number of hydrogen-bond donors (Lipinski definition) is 3. The highest BCUT2D eigenvalue weighted by Crippen LogP contribution is 2.37. The first-order valence-electron chi connectivity index (χ1n) is 5.25. The summed E-state index contributed by atoms with van der Waals surface area (Å²) in [5, 5.41) is 1.96. The molecule has 0 aliphatic heterocycles. The largest absolute Gasteiger partial charge is 0.397 e. The topological polar surface area (TPSA) is 64.1 Å². The van der Waals surface area contributed by atoms with Crippen molar-refractivity contribution < 1.29 is 8.78 Å². The molecular formula is C12H8Cl3F2N3. The summed E-state index contributed by atoms with van der Waals surface area (Å²) in [6.45, 7) is 0. The summed E-state index contributed by atoms with van der Waals surface area (Å²) in [4.78, 5) is 0. The normalized spacial score (nSPS) is 10.7. The van der Waals surface area contributed by atoms with E-state index in [0.29, 0.717) is 0 Å². The Bertz CT molecular complexity index is 669. The molecule has 20 heavy (non-hydrogen) atoms. The van der Waals surface area contributed by atoms with Crippen LogP contribution in [-0.2, 0) is 0 Å². The first-order chi connectivity index (χ1) is 9.31. The van der Waals surface area contributed by atoms with Crippen LogP contribution >= 0.6 is 34.8 Å². The molecule has 2 rings (SSSR count). The fraction of sp³-hybridized carbons (Fsp3) is 0. The van der Waals surface area contributed by atoms with E-state index in [9.17, 15) is 8.78 Å². The zero-order chi connectivity index (χ0) is 15.0. The van der Waals surface area contributed by atoms with Gasteiger partial charge in [0.15, 0.2) is 11.6 Å². The second-order valence-electron chi connectivity index (χ2n) is 3.94. The van der Waals surface area contributed by atoms with Gasteiger partial charge in [0, 0.05) is 5.69 Å². The van der Waals surface area contributed by atoms with Crippen molar-refractivity contribution in [3.63, 3.8) is 0 Å². The van der Waals surface area contributed by atoms with Gasteiger partial charge in [-0.25, -0.2) is 8.78 Å². The molecule has 0 heterocycles. The monoisotopic (exact) mass is 337 g/mol. The van der Waals surface area contributed by atoms with E-state index < -0.39 is 11.6 Å². The molecule has 8 heteroatoms. The standard InChI is InChI=1S/C12H8Cl3F2N3/c13-5-1-4(2-6(14)10(5)16)20-12-8(19)3-7(18)9(15)11(12)17/h1-3,20H,18-19H2. The molecule has 0 radical (unpaired) electrons. The van der Waals surface area contributed by atoms with Crippen LogP contribution in [-0.4, -0.2) is 0 Å². The van der Waals surface area contributed by atoms with E-state index in [-0.39, 0.29) is 37.8 Å². The minimum atomic E-state index is -0.819. The molecule has 0 amide bonds. The van der Waals surface area contributed by atoms with E-state index in [2.05, 4.69) is 5.32 Å².